The summed E-state index contributed by atoms with van der Waals surface area (Å²) in [5, 5.41) is 8.29. The van der Waals surface area contributed by atoms with Gasteiger partial charge in [0.15, 0.2) is 6.29 Å². The number of amidine groups is 1. The molecule has 3 N–H and O–H groups in total. The number of nitrogens with zero attached hydrogens (tertiary/aromatic N) is 2. The number of nitrogen functional groups attached to an aromatic ring is 1. The van der Waals surface area contributed by atoms with Crippen LogP contribution in [-0.2, 0) is 0 Å². The van der Waals surface area contributed by atoms with E-state index in [1.807, 2.05) is 29.0 Å². The van der Waals surface area contributed by atoms with Gasteiger partial charge in [-0.05, 0) is 36.4 Å². The van der Waals surface area contributed by atoms with Crippen LogP contribution in [0.3, 0.4) is 0 Å². The molecule has 1 aromatic carbocycles. The normalized spacial score (nSPS) is 10.6. The molecule has 0 bridgehead atoms. The molecule has 0 saturated heterocycles. The van der Waals surface area contributed by atoms with Crippen LogP contribution in [0, 0.1) is 5.41 Å². The number of aromatic nitrogens is 2. The van der Waals surface area contributed by atoms with Gasteiger partial charge in [-0.15, -0.1) is 0 Å². The predicted molar refractivity (Wildman–Crippen MR) is 77.5 cm³/mol. The minimum atomic E-state index is 0.0441. The first-order valence-corrected chi connectivity index (χ1v) is 6.06. The number of nitrogens with two attached hydrogens (primary N) is 1. The fraction of sp³-hybridized carbons (Fsp3) is 0. The van der Waals surface area contributed by atoms with Gasteiger partial charge in [0.05, 0.1) is 0 Å². The summed E-state index contributed by atoms with van der Waals surface area (Å²) >= 11 is 0. The van der Waals surface area contributed by atoms with E-state index in [2.05, 4.69) is 4.98 Å². The Morgan fingerprint density at radius 2 is 2.00 bits per heavy atom. The molecule has 0 aliphatic heterocycles. The maximum Gasteiger partial charge on any atom is 0.151 e. The second-order valence-electron chi connectivity index (χ2n) is 4.45. The Morgan fingerprint density at radius 1 is 1.25 bits per heavy atom. The lowest BCUT2D eigenvalue weighted by atomic mass is 10.2. The maximum atomic E-state index is 10.7. The number of pyridine rings is 1. The number of aldehydes is 1. The molecule has 0 aliphatic rings. The van der Waals surface area contributed by atoms with E-state index >= 15 is 0 Å². The first kappa shape index (κ1) is 12.1. The van der Waals surface area contributed by atoms with Gasteiger partial charge in [0, 0.05) is 34.6 Å². The van der Waals surface area contributed by atoms with Crippen molar-refractivity contribution in [3.05, 3.63) is 59.9 Å². The van der Waals surface area contributed by atoms with Crippen molar-refractivity contribution in [2.24, 2.45) is 5.73 Å². The second kappa shape index (κ2) is 4.62. The highest BCUT2D eigenvalue weighted by molar-refractivity contribution is 5.95. The monoisotopic (exact) mass is 264 g/mol. The molecule has 0 saturated carbocycles. The van der Waals surface area contributed by atoms with Crippen molar-refractivity contribution in [2.45, 2.75) is 0 Å². The molecule has 3 aromatic rings. The van der Waals surface area contributed by atoms with Crippen molar-refractivity contribution in [2.75, 3.05) is 0 Å². The Labute approximate surface area is 115 Å². The second-order valence-corrected chi connectivity index (χ2v) is 4.45. The van der Waals surface area contributed by atoms with E-state index in [1.54, 1.807) is 24.4 Å². The fourth-order valence-corrected chi connectivity index (χ4v) is 2.12. The lowest BCUT2D eigenvalue weighted by Gasteiger charge is -2.06. The molecule has 2 aromatic heterocycles. The van der Waals surface area contributed by atoms with Crippen molar-refractivity contribution in [3.8, 4) is 5.69 Å². The lowest BCUT2D eigenvalue weighted by Crippen LogP contribution is -2.10. The van der Waals surface area contributed by atoms with E-state index in [-0.39, 0.29) is 5.84 Å². The van der Waals surface area contributed by atoms with Crippen LogP contribution in [0.4, 0.5) is 0 Å². The van der Waals surface area contributed by atoms with Gasteiger partial charge in [-0.2, -0.15) is 0 Å². The molecule has 2 heterocycles. The molecule has 20 heavy (non-hydrogen) atoms. The molecule has 0 unspecified atom stereocenters. The van der Waals surface area contributed by atoms with Gasteiger partial charge < -0.3 is 10.3 Å². The van der Waals surface area contributed by atoms with E-state index in [4.69, 9.17) is 11.1 Å². The smallest absolute Gasteiger partial charge is 0.151 e. The molecule has 0 radical (unpaired) electrons. The Kier molecular flexibility index (Phi) is 2.80. The van der Waals surface area contributed by atoms with E-state index in [1.165, 1.54) is 0 Å². The van der Waals surface area contributed by atoms with E-state index in [0.717, 1.165) is 23.0 Å². The number of rotatable bonds is 3. The topological polar surface area (TPSA) is 84.8 Å². The third-order valence-corrected chi connectivity index (χ3v) is 3.14. The summed E-state index contributed by atoms with van der Waals surface area (Å²) < 4.78 is 1.92. The fourth-order valence-electron chi connectivity index (χ4n) is 2.12. The van der Waals surface area contributed by atoms with Crippen LogP contribution in [0.1, 0.15) is 15.9 Å². The van der Waals surface area contributed by atoms with E-state index in [9.17, 15) is 4.79 Å². The molecule has 98 valence electrons. The summed E-state index contributed by atoms with van der Waals surface area (Å²) in [7, 11) is 0. The lowest BCUT2D eigenvalue weighted by molar-refractivity contribution is 0.112. The highest BCUT2D eigenvalue weighted by Gasteiger charge is 2.06. The van der Waals surface area contributed by atoms with Crippen molar-refractivity contribution in [1.82, 2.24) is 9.55 Å². The van der Waals surface area contributed by atoms with Crippen molar-refractivity contribution < 1.29 is 4.79 Å². The van der Waals surface area contributed by atoms with Gasteiger partial charge in [0.25, 0.3) is 0 Å². The zero-order valence-corrected chi connectivity index (χ0v) is 10.6. The largest absolute Gasteiger partial charge is 0.384 e. The molecule has 5 heteroatoms. The highest BCUT2D eigenvalue weighted by atomic mass is 16.1. The van der Waals surface area contributed by atoms with Crippen molar-refractivity contribution >= 4 is 23.2 Å². The summed E-state index contributed by atoms with van der Waals surface area (Å²) in [6.45, 7) is 0. The van der Waals surface area contributed by atoms with Gasteiger partial charge in [0.1, 0.15) is 11.5 Å². The Morgan fingerprint density at radius 3 is 2.65 bits per heavy atom. The molecule has 5 nitrogen and oxygen atoms in total. The van der Waals surface area contributed by atoms with Gasteiger partial charge in [-0.25, -0.2) is 4.98 Å². The average Bonchev–Trinajstić information content (AvgIpc) is 2.90. The van der Waals surface area contributed by atoms with Crippen LogP contribution in [0.15, 0.2) is 48.8 Å². The minimum Gasteiger partial charge on any atom is -0.384 e. The number of carbonyl (C=O) groups excluding carboxylic acids is 1. The third kappa shape index (κ3) is 1.95. The molecule has 0 spiro atoms. The summed E-state index contributed by atoms with van der Waals surface area (Å²) in [5.41, 5.74) is 8.39. The maximum absolute atomic E-state index is 10.7. The molecule has 0 fully saturated rings. The Bertz CT molecular complexity index is 802. The highest BCUT2D eigenvalue weighted by Crippen LogP contribution is 2.19. The number of hydrogen-bond donors (Lipinski definition) is 2. The number of hydrogen-bond acceptors (Lipinski definition) is 3. The van der Waals surface area contributed by atoms with Crippen LogP contribution >= 0.6 is 0 Å². The first-order chi connectivity index (χ1) is 9.69. The molecular weight excluding hydrogens is 252 g/mol. The summed E-state index contributed by atoms with van der Waals surface area (Å²) in [4.78, 5) is 15.1. The molecule has 0 amide bonds. The Hall–Kier alpha value is -2.95. The van der Waals surface area contributed by atoms with Gasteiger partial charge in [-0.1, -0.05) is 0 Å². The van der Waals surface area contributed by atoms with E-state index in [0.29, 0.717) is 11.1 Å². The number of carbonyl (C=O) groups is 1. The SMILES string of the molecule is N=C(N)c1ccc(-n2ccc3cc(C=O)cnc32)cc1. The van der Waals surface area contributed by atoms with Crippen LogP contribution in [0.25, 0.3) is 16.7 Å². The number of benzene rings is 1. The van der Waals surface area contributed by atoms with Crippen LogP contribution in [0.2, 0.25) is 0 Å². The van der Waals surface area contributed by atoms with Crippen LogP contribution in [0.5, 0.6) is 0 Å². The number of nitrogens with one attached hydrogen (secondary N) is 1. The molecule has 3 rings (SSSR count). The molecule has 0 aliphatic carbocycles. The first-order valence-electron chi connectivity index (χ1n) is 6.06. The zero-order valence-electron chi connectivity index (χ0n) is 10.6. The van der Waals surface area contributed by atoms with Crippen LogP contribution < -0.4 is 5.73 Å². The quantitative estimate of drug-likeness (QED) is 0.431. The van der Waals surface area contributed by atoms with Crippen LogP contribution in [-0.4, -0.2) is 21.7 Å². The van der Waals surface area contributed by atoms with Gasteiger partial charge in [-0.3, -0.25) is 10.2 Å². The molecule has 0 atom stereocenters. The number of fused-ring (bicyclic) bond motifs is 1. The van der Waals surface area contributed by atoms with E-state index < -0.39 is 0 Å². The summed E-state index contributed by atoms with van der Waals surface area (Å²) in [6, 6.07) is 11.1. The predicted octanol–water partition coefficient (Wildman–Crippen LogP) is 2.12. The third-order valence-electron chi connectivity index (χ3n) is 3.14. The van der Waals surface area contributed by atoms with Gasteiger partial charge >= 0.3 is 0 Å². The summed E-state index contributed by atoms with van der Waals surface area (Å²) in [6.07, 6.45) is 4.23. The minimum absolute atomic E-state index is 0.0441. The average molecular weight is 264 g/mol. The standard InChI is InChI=1S/C15H12N4O/c16-14(17)11-1-3-13(4-2-11)19-6-5-12-7-10(9-20)8-18-15(12)19/h1-9H,(H3,16,17). The van der Waals surface area contributed by atoms with Crippen molar-refractivity contribution in [3.63, 3.8) is 0 Å². The van der Waals surface area contributed by atoms with Gasteiger partial charge in [0.2, 0.25) is 0 Å². The Balaban J connectivity index is 2.10. The van der Waals surface area contributed by atoms with Crippen molar-refractivity contribution in [1.29, 1.82) is 5.41 Å². The zero-order chi connectivity index (χ0) is 14.1. The summed E-state index contributed by atoms with van der Waals surface area (Å²) in [5.74, 6) is 0.0441. The molecular formula is C15H12N4O.